The molecule has 1 aromatic heterocycles. The predicted octanol–water partition coefficient (Wildman–Crippen LogP) is 2.47. The fraction of sp³-hybridized carbons (Fsp3) is 0.308. The van der Waals surface area contributed by atoms with Crippen LogP contribution in [0.2, 0.25) is 0 Å². The van der Waals surface area contributed by atoms with E-state index in [1.165, 1.54) is 12.1 Å². The summed E-state index contributed by atoms with van der Waals surface area (Å²) < 4.78 is 17.7. The van der Waals surface area contributed by atoms with Gasteiger partial charge < -0.3 is 4.84 Å². The summed E-state index contributed by atoms with van der Waals surface area (Å²) in [5.41, 5.74) is 2.96. The number of nitrogens with zero attached hydrogens (tertiary/aromatic N) is 3. The summed E-state index contributed by atoms with van der Waals surface area (Å²) in [6, 6.07) is 6.24. The van der Waals surface area contributed by atoms with Crippen molar-refractivity contribution in [3.8, 4) is 0 Å². The fourth-order valence-electron chi connectivity index (χ4n) is 2.03. The number of aromatic nitrogens is 2. The van der Waals surface area contributed by atoms with Crippen molar-refractivity contribution < 1.29 is 13.9 Å². The minimum Gasteiger partial charge on any atom is -0.391 e. The van der Waals surface area contributed by atoms with Crippen LogP contribution in [0.3, 0.4) is 0 Å². The highest BCUT2D eigenvalue weighted by atomic mass is 19.1. The number of rotatable bonds is 3. The molecule has 0 bridgehead atoms. The molecule has 0 atom stereocenters. The first-order valence-electron chi connectivity index (χ1n) is 6.08. The van der Waals surface area contributed by atoms with E-state index >= 15 is 0 Å². The minimum absolute atomic E-state index is 0.224. The average molecular weight is 261 g/mol. The number of benzene rings is 1. The van der Waals surface area contributed by atoms with Crippen molar-refractivity contribution in [1.29, 1.82) is 0 Å². The van der Waals surface area contributed by atoms with Gasteiger partial charge in [-0.2, -0.15) is 0 Å². The van der Waals surface area contributed by atoms with Crippen LogP contribution in [-0.2, 0) is 17.9 Å². The first-order chi connectivity index (χ1) is 9.33. The van der Waals surface area contributed by atoms with Crippen molar-refractivity contribution in [2.24, 2.45) is 5.16 Å². The smallest absolute Gasteiger partial charge is 0.155 e. The molecule has 2 aromatic rings. The zero-order valence-electron chi connectivity index (χ0n) is 10.2. The maximum atomic E-state index is 13.0. The summed E-state index contributed by atoms with van der Waals surface area (Å²) in [6.45, 7) is 0.224. The van der Waals surface area contributed by atoms with Gasteiger partial charge in [0, 0.05) is 0 Å². The number of oxime groups is 1. The van der Waals surface area contributed by atoms with Crippen molar-refractivity contribution in [3.63, 3.8) is 0 Å². The molecule has 1 aliphatic carbocycles. The first-order valence-corrected chi connectivity index (χ1v) is 6.08. The van der Waals surface area contributed by atoms with E-state index in [0.717, 1.165) is 36.2 Å². The van der Waals surface area contributed by atoms with E-state index in [9.17, 15) is 4.39 Å². The fourth-order valence-corrected chi connectivity index (χ4v) is 2.03. The summed E-state index contributed by atoms with van der Waals surface area (Å²) in [7, 11) is 0. The Morgan fingerprint density at radius 1 is 1.32 bits per heavy atom. The molecule has 5 nitrogen and oxygen atoms in total. The van der Waals surface area contributed by atoms with Crippen molar-refractivity contribution in [2.75, 3.05) is 0 Å². The van der Waals surface area contributed by atoms with E-state index in [1.54, 1.807) is 12.1 Å². The van der Waals surface area contributed by atoms with Gasteiger partial charge in [0.25, 0.3) is 0 Å². The lowest BCUT2D eigenvalue weighted by Gasteiger charge is -2.09. The maximum absolute atomic E-state index is 13.0. The zero-order chi connectivity index (χ0) is 13.1. The third-order valence-electron chi connectivity index (χ3n) is 2.95. The Balaban J connectivity index is 1.68. The average Bonchev–Trinajstić information content (AvgIpc) is 2.88. The van der Waals surface area contributed by atoms with Crippen molar-refractivity contribution >= 4 is 5.71 Å². The van der Waals surface area contributed by atoms with Gasteiger partial charge in [-0.25, -0.2) is 9.02 Å². The van der Waals surface area contributed by atoms with Gasteiger partial charge >= 0.3 is 0 Å². The Morgan fingerprint density at radius 3 is 3.16 bits per heavy atom. The first kappa shape index (κ1) is 11.8. The van der Waals surface area contributed by atoms with Gasteiger partial charge in [-0.05, 0) is 42.1 Å². The summed E-state index contributed by atoms with van der Waals surface area (Å²) >= 11 is 0. The van der Waals surface area contributed by atoms with Crippen molar-refractivity contribution in [2.45, 2.75) is 25.9 Å². The molecule has 0 aliphatic heterocycles. The highest BCUT2D eigenvalue weighted by Gasteiger charge is 2.21. The van der Waals surface area contributed by atoms with E-state index < -0.39 is 0 Å². The van der Waals surface area contributed by atoms with Crippen LogP contribution in [0.1, 0.15) is 29.8 Å². The highest BCUT2D eigenvalue weighted by molar-refractivity contribution is 6.00. The SMILES string of the molecule is Fc1cccc(CO/N=C2/CCCc3nonc32)c1. The van der Waals surface area contributed by atoms with Gasteiger partial charge in [0.1, 0.15) is 23.8 Å². The van der Waals surface area contributed by atoms with Crippen LogP contribution in [0, 0.1) is 5.82 Å². The van der Waals surface area contributed by atoms with E-state index in [4.69, 9.17) is 9.47 Å². The number of fused-ring (bicyclic) bond motifs is 1. The number of hydrogen-bond acceptors (Lipinski definition) is 5. The van der Waals surface area contributed by atoms with Crippen LogP contribution in [0.5, 0.6) is 0 Å². The third kappa shape index (κ3) is 2.62. The predicted molar refractivity (Wildman–Crippen MR) is 65.0 cm³/mol. The van der Waals surface area contributed by atoms with E-state index in [2.05, 4.69) is 15.5 Å². The topological polar surface area (TPSA) is 60.5 Å². The largest absolute Gasteiger partial charge is 0.391 e. The summed E-state index contributed by atoms with van der Waals surface area (Å²) in [5, 5.41) is 11.7. The summed E-state index contributed by atoms with van der Waals surface area (Å²) in [6.07, 6.45) is 2.58. The van der Waals surface area contributed by atoms with Crippen molar-refractivity contribution in [1.82, 2.24) is 10.3 Å². The molecule has 0 radical (unpaired) electrons. The highest BCUT2D eigenvalue weighted by Crippen LogP contribution is 2.18. The molecule has 1 aromatic carbocycles. The van der Waals surface area contributed by atoms with Gasteiger partial charge in [-0.3, -0.25) is 0 Å². The third-order valence-corrected chi connectivity index (χ3v) is 2.95. The van der Waals surface area contributed by atoms with Gasteiger partial charge in [0.2, 0.25) is 0 Å². The Labute approximate surface area is 109 Å². The van der Waals surface area contributed by atoms with E-state index in [0.29, 0.717) is 5.69 Å². The quantitative estimate of drug-likeness (QED) is 0.796. The van der Waals surface area contributed by atoms with Crippen LogP contribution in [-0.4, -0.2) is 16.0 Å². The van der Waals surface area contributed by atoms with Crippen LogP contribution >= 0.6 is 0 Å². The monoisotopic (exact) mass is 261 g/mol. The molecule has 1 aliphatic rings. The Kier molecular flexibility index (Phi) is 3.22. The van der Waals surface area contributed by atoms with Crippen LogP contribution in [0.25, 0.3) is 0 Å². The Hall–Kier alpha value is -2.24. The van der Waals surface area contributed by atoms with E-state index in [-0.39, 0.29) is 12.4 Å². The second-order valence-electron chi connectivity index (χ2n) is 4.35. The minimum atomic E-state index is -0.283. The molecule has 0 N–H and O–H groups in total. The van der Waals surface area contributed by atoms with Gasteiger partial charge in [-0.15, -0.1) is 0 Å². The molecule has 0 saturated heterocycles. The second-order valence-corrected chi connectivity index (χ2v) is 4.35. The molecule has 0 fully saturated rings. The van der Waals surface area contributed by atoms with E-state index in [1.807, 2.05) is 0 Å². The number of halogens is 1. The Bertz CT molecular complexity index is 609. The standard InChI is InChI=1S/C13H12FN3O2/c14-10-4-1-3-9(7-10)8-18-15-11-5-2-6-12-13(11)17-19-16-12/h1,3-4,7H,2,5-6,8H2/b15-11-. The molecule has 3 rings (SSSR count). The van der Waals surface area contributed by atoms with Gasteiger partial charge in [-0.1, -0.05) is 22.4 Å². The molecule has 1 heterocycles. The maximum Gasteiger partial charge on any atom is 0.155 e. The lowest BCUT2D eigenvalue weighted by molar-refractivity contribution is 0.129. The summed E-state index contributed by atoms with van der Waals surface area (Å²) in [4.78, 5) is 5.25. The van der Waals surface area contributed by atoms with Gasteiger partial charge in [0.15, 0.2) is 5.69 Å². The van der Waals surface area contributed by atoms with Gasteiger partial charge in [0.05, 0.1) is 0 Å². The molecule has 98 valence electrons. The lowest BCUT2D eigenvalue weighted by Crippen LogP contribution is -2.12. The van der Waals surface area contributed by atoms with Crippen LogP contribution in [0.15, 0.2) is 34.1 Å². The zero-order valence-corrected chi connectivity index (χ0v) is 10.2. The molecule has 0 unspecified atom stereocenters. The Morgan fingerprint density at radius 2 is 2.26 bits per heavy atom. The number of aryl methyl sites for hydroxylation is 1. The van der Waals surface area contributed by atoms with Crippen LogP contribution < -0.4 is 0 Å². The molecule has 0 saturated carbocycles. The molecule has 0 spiro atoms. The molecule has 0 amide bonds. The normalized spacial score (nSPS) is 16.4. The lowest BCUT2D eigenvalue weighted by atomic mass is 9.99. The molecular formula is C13H12FN3O2. The molecular weight excluding hydrogens is 249 g/mol. The molecule has 19 heavy (non-hydrogen) atoms. The summed E-state index contributed by atoms with van der Waals surface area (Å²) in [5.74, 6) is -0.283. The molecule has 6 heteroatoms. The number of hydrogen-bond donors (Lipinski definition) is 0. The van der Waals surface area contributed by atoms with Crippen molar-refractivity contribution in [3.05, 3.63) is 47.0 Å². The van der Waals surface area contributed by atoms with Crippen LogP contribution in [0.4, 0.5) is 4.39 Å². The second kappa shape index (κ2) is 5.17.